The Morgan fingerprint density at radius 1 is 1.36 bits per heavy atom. The van der Waals surface area contributed by atoms with E-state index in [2.05, 4.69) is 5.32 Å². The molecule has 2 N–H and O–H groups in total. The predicted octanol–water partition coefficient (Wildman–Crippen LogP) is 2.09. The number of hydrogen-bond acceptors (Lipinski definition) is 6. The smallest absolute Gasteiger partial charge is 0.337 e. The molecule has 0 saturated heterocycles. The summed E-state index contributed by atoms with van der Waals surface area (Å²) in [7, 11) is 1.28. The molecular weight excluding hydrogens is 340 g/mol. The van der Waals surface area contributed by atoms with Crippen molar-refractivity contribution in [3.63, 3.8) is 0 Å². The number of anilines is 1. The third kappa shape index (κ3) is 3.57. The lowest BCUT2D eigenvalue weighted by molar-refractivity contribution is -0.136. The highest BCUT2D eigenvalue weighted by atomic mass is 32.1. The molecule has 0 unspecified atom stereocenters. The molecule has 7 heteroatoms. The molecule has 6 nitrogen and oxygen atoms in total. The Labute approximate surface area is 149 Å². The number of hydrogen-bond donors (Lipinski definition) is 2. The topological polar surface area (TPSA) is 78.9 Å². The third-order valence-electron chi connectivity index (χ3n) is 3.89. The first-order valence-corrected chi connectivity index (χ1v) is 8.64. The van der Waals surface area contributed by atoms with E-state index in [1.165, 1.54) is 12.0 Å². The number of aliphatic hydroxyl groups is 1. The monoisotopic (exact) mass is 358 g/mol. The first-order valence-electron chi connectivity index (χ1n) is 7.76. The van der Waals surface area contributed by atoms with E-state index in [-0.39, 0.29) is 36.9 Å². The molecule has 1 aliphatic heterocycles. The summed E-state index contributed by atoms with van der Waals surface area (Å²) in [6.45, 7) is 0.125. The fourth-order valence-electron chi connectivity index (χ4n) is 2.69. The first kappa shape index (κ1) is 17.2. The molecule has 0 radical (unpaired) electrons. The molecule has 1 aromatic carbocycles. The predicted molar refractivity (Wildman–Crippen MR) is 96.1 cm³/mol. The maximum atomic E-state index is 12.5. The van der Waals surface area contributed by atoms with Gasteiger partial charge in [0.15, 0.2) is 0 Å². The molecule has 0 fully saturated rings. The Morgan fingerprint density at radius 3 is 2.88 bits per heavy atom. The van der Waals surface area contributed by atoms with Crippen molar-refractivity contribution < 1.29 is 19.4 Å². The molecule has 0 aliphatic carbocycles. The number of esters is 1. The summed E-state index contributed by atoms with van der Waals surface area (Å²) in [5.74, 6) is -0.873. The van der Waals surface area contributed by atoms with Crippen LogP contribution in [-0.2, 0) is 14.3 Å². The normalized spacial score (nSPS) is 14.2. The van der Waals surface area contributed by atoms with Crippen LogP contribution in [0.5, 0.6) is 0 Å². The number of thiophene rings is 1. The van der Waals surface area contributed by atoms with E-state index in [1.54, 1.807) is 11.3 Å². The first-order chi connectivity index (χ1) is 12.1. The number of aliphatic hydroxyl groups excluding tert-OH is 1. The maximum absolute atomic E-state index is 12.5. The van der Waals surface area contributed by atoms with Crippen molar-refractivity contribution in [1.82, 2.24) is 4.90 Å². The highest BCUT2D eigenvalue weighted by Gasteiger charge is 2.34. The van der Waals surface area contributed by atoms with E-state index < -0.39 is 5.97 Å². The van der Waals surface area contributed by atoms with Crippen LogP contribution in [0, 0.1) is 0 Å². The molecule has 1 amide bonds. The van der Waals surface area contributed by atoms with E-state index in [4.69, 9.17) is 9.84 Å². The molecule has 0 bridgehead atoms. The van der Waals surface area contributed by atoms with Crippen LogP contribution in [0.3, 0.4) is 0 Å². The molecule has 0 spiro atoms. The summed E-state index contributed by atoms with van der Waals surface area (Å²) in [5, 5.41) is 14.2. The Bertz CT molecular complexity index is 814. The molecule has 2 aromatic rings. The SMILES string of the molecule is COC(=O)C1=C(Nc2cccc(-c3cccs3)c2)C(=O)N(CCO)C1. The summed E-state index contributed by atoms with van der Waals surface area (Å²) < 4.78 is 4.78. The second-order valence-corrected chi connectivity index (χ2v) is 6.43. The fourth-order valence-corrected chi connectivity index (χ4v) is 3.41. The number of methoxy groups -OCH3 is 1. The van der Waals surface area contributed by atoms with Crippen LogP contribution in [0.25, 0.3) is 10.4 Å². The molecule has 0 saturated carbocycles. The number of nitrogens with one attached hydrogen (secondary N) is 1. The van der Waals surface area contributed by atoms with Crippen molar-refractivity contribution in [1.29, 1.82) is 0 Å². The zero-order valence-corrected chi connectivity index (χ0v) is 14.5. The molecule has 1 aliphatic rings. The molecule has 130 valence electrons. The number of benzene rings is 1. The van der Waals surface area contributed by atoms with Crippen molar-refractivity contribution in [2.24, 2.45) is 0 Å². The van der Waals surface area contributed by atoms with Crippen molar-refractivity contribution in [2.45, 2.75) is 0 Å². The number of rotatable bonds is 6. The van der Waals surface area contributed by atoms with Crippen LogP contribution in [0.15, 0.2) is 53.0 Å². The minimum atomic E-state index is -0.550. The van der Waals surface area contributed by atoms with Crippen LogP contribution >= 0.6 is 11.3 Å². The lowest BCUT2D eigenvalue weighted by Crippen LogP contribution is -2.31. The van der Waals surface area contributed by atoms with Gasteiger partial charge in [0.05, 0.1) is 25.8 Å². The van der Waals surface area contributed by atoms with E-state index in [0.717, 1.165) is 10.4 Å². The van der Waals surface area contributed by atoms with Gasteiger partial charge >= 0.3 is 5.97 Å². The number of carbonyl (C=O) groups is 2. The van der Waals surface area contributed by atoms with Crippen LogP contribution in [0.4, 0.5) is 5.69 Å². The van der Waals surface area contributed by atoms with Gasteiger partial charge < -0.3 is 20.1 Å². The molecule has 1 aromatic heterocycles. The van der Waals surface area contributed by atoms with Gasteiger partial charge in [-0.3, -0.25) is 4.79 Å². The van der Waals surface area contributed by atoms with Crippen molar-refractivity contribution in [3.05, 3.63) is 53.0 Å². The van der Waals surface area contributed by atoms with Gasteiger partial charge in [-0.2, -0.15) is 0 Å². The molecular formula is C18H18N2O4S. The standard InChI is InChI=1S/C18H18N2O4S/c1-24-18(23)14-11-20(7-8-21)17(22)16(14)19-13-5-2-4-12(10-13)15-6-3-9-25-15/h2-6,9-10,19,21H,7-8,11H2,1H3. The lowest BCUT2D eigenvalue weighted by atomic mass is 10.1. The fraction of sp³-hybridized carbons (Fsp3) is 0.222. The van der Waals surface area contributed by atoms with E-state index in [9.17, 15) is 9.59 Å². The van der Waals surface area contributed by atoms with Crippen LogP contribution in [0.2, 0.25) is 0 Å². The number of carbonyl (C=O) groups excluding carboxylic acids is 2. The Kier molecular flexibility index (Phi) is 5.16. The van der Waals surface area contributed by atoms with Gasteiger partial charge in [0.1, 0.15) is 5.70 Å². The van der Waals surface area contributed by atoms with E-state index in [0.29, 0.717) is 5.69 Å². The average Bonchev–Trinajstić information content (AvgIpc) is 3.26. The second kappa shape index (κ2) is 7.50. The summed E-state index contributed by atoms with van der Waals surface area (Å²) in [6, 6.07) is 11.6. The van der Waals surface area contributed by atoms with Gasteiger partial charge in [0.2, 0.25) is 0 Å². The minimum absolute atomic E-state index is 0.124. The van der Waals surface area contributed by atoms with Gasteiger partial charge in [-0.1, -0.05) is 18.2 Å². The van der Waals surface area contributed by atoms with Gasteiger partial charge in [-0.25, -0.2) is 4.79 Å². The Balaban J connectivity index is 1.90. The van der Waals surface area contributed by atoms with E-state index in [1.807, 2.05) is 41.8 Å². The van der Waals surface area contributed by atoms with Crippen LogP contribution in [-0.4, -0.2) is 48.7 Å². The average molecular weight is 358 g/mol. The van der Waals surface area contributed by atoms with Crippen molar-refractivity contribution in [3.8, 4) is 10.4 Å². The zero-order valence-electron chi connectivity index (χ0n) is 13.7. The number of β-amino-alcohol motifs (C(OH)–C–C–N with tert-alkyl or cyclic N) is 1. The Morgan fingerprint density at radius 2 is 2.20 bits per heavy atom. The van der Waals surface area contributed by atoms with Crippen LogP contribution < -0.4 is 5.32 Å². The quantitative estimate of drug-likeness (QED) is 0.773. The third-order valence-corrected chi connectivity index (χ3v) is 4.81. The highest BCUT2D eigenvalue weighted by Crippen LogP contribution is 2.28. The molecule has 3 rings (SSSR count). The lowest BCUT2D eigenvalue weighted by Gasteiger charge is -2.15. The highest BCUT2D eigenvalue weighted by molar-refractivity contribution is 7.13. The summed E-state index contributed by atoms with van der Waals surface area (Å²) in [4.78, 5) is 27.1. The van der Waals surface area contributed by atoms with Gasteiger partial charge in [0, 0.05) is 17.1 Å². The van der Waals surface area contributed by atoms with Crippen molar-refractivity contribution >= 4 is 28.9 Å². The molecule has 0 atom stereocenters. The van der Waals surface area contributed by atoms with Gasteiger partial charge in [-0.05, 0) is 29.1 Å². The summed E-state index contributed by atoms with van der Waals surface area (Å²) in [5.41, 5.74) is 2.20. The number of ether oxygens (including phenoxy) is 1. The Hall–Kier alpha value is -2.64. The zero-order chi connectivity index (χ0) is 17.8. The largest absolute Gasteiger partial charge is 0.466 e. The van der Waals surface area contributed by atoms with Gasteiger partial charge in [0.25, 0.3) is 5.91 Å². The molecule has 25 heavy (non-hydrogen) atoms. The molecule has 2 heterocycles. The van der Waals surface area contributed by atoms with E-state index >= 15 is 0 Å². The van der Waals surface area contributed by atoms with Gasteiger partial charge in [-0.15, -0.1) is 11.3 Å². The number of amides is 1. The maximum Gasteiger partial charge on any atom is 0.337 e. The van der Waals surface area contributed by atoms with Crippen molar-refractivity contribution in [2.75, 3.05) is 32.1 Å². The minimum Gasteiger partial charge on any atom is -0.466 e. The number of nitrogens with zero attached hydrogens (tertiary/aromatic N) is 1. The summed E-state index contributed by atoms with van der Waals surface area (Å²) in [6.07, 6.45) is 0. The summed E-state index contributed by atoms with van der Waals surface area (Å²) >= 11 is 1.63. The second-order valence-electron chi connectivity index (χ2n) is 5.48. The van der Waals surface area contributed by atoms with Crippen LogP contribution in [0.1, 0.15) is 0 Å².